The van der Waals surface area contributed by atoms with Gasteiger partial charge in [-0.1, -0.05) is 24.6 Å². The van der Waals surface area contributed by atoms with Crippen molar-refractivity contribution >= 4 is 41.5 Å². The van der Waals surface area contributed by atoms with Crippen LogP contribution in [-0.4, -0.2) is 18.5 Å². The maximum absolute atomic E-state index is 13.0. The van der Waals surface area contributed by atoms with Crippen LogP contribution in [0.4, 0.5) is 4.39 Å². The molecule has 1 aromatic rings. The summed E-state index contributed by atoms with van der Waals surface area (Å²) >= 11 is 5.75. The maximum atomic E-state index is 13.0. The first-order valence-electron chi connectivity index (χ1n) is 6.59. The molecule has 0 bridgehead atoms. The van der Waals surface area contributed by atoms with Crippen LogP contribution in [0.3, 0.4) is 0 Å². The topological polar surface area (TPSA) is 36.4 Å². The fourth-order valence-corrected chi connectivity index (χ4v) is 2.03. The fourth-order valence-electron chi connectivity index (χ4n) is 1.83. The minimum absolute atomic E-state index is 0. The quantitative estimate of drug-likeness (QED) is 0.451. The van der Waals surface area contributed by atoms with Gasteiger partial charge in [-0.05, 0) is 37.0 Å². The SMILES string of the molecule is CCNC(=NCc1ccc(F)c(Cl)c1)NC1CC1C.I. The summed E-state index contributed by atoms with van der Waals surface area (Å²) in [7, 11) is 0. The van der Waals surface area contributed by atoms with Crippen LogP contribution in [-0.2, 0) is 6.54 Å². The zero-order valence-electron chi connectivity index (χ0n) is 11.6. The van der Waals surface area contributed by atoms with Crippen molar-refractivity contribution < 1.29 is 4.39 Å². The number of guanidine groups is 1. The summed E-state index contributed by atoms with van der Waals surface area (Å²) in [4.78, 5) is 4.48. The molecule has 0 aromatic heterocycles. The molecule has 0 saturated heterocycles. The second-order valence-corrected chi connectivity index (χ2v) is 5.31. The largest absolute Gasteiger partial charge is 0.357 e. The van der Waals surface area contributed by atoms with E-state index in [1.807, 2.05) is 6.92 Å². The van der Waals surface area contributed by atoms with Gasteiger partial charge >= 0.3 is 0 Å². The molecule has 3 nitrogen and oxygen atoms in total. The second kappa shape index (κ2) is 8.02. The first-order chi connectivity index (χ1) is 9.10. The Kier molecular flexibility index (Phi) is 7.02. The summed E-state index contributed by atoms with van der Waals surface area (Å²) in [6, 6.07) is 5.21. The molecular weight excluding hydrogens is 392 g/mol. The van der Waals surface area contributed by atoms with Gasteiger partial charge < -0.3 is 10.6 Å². The van der Waals surface area contributed by atoms with Gasteiger partial charge in [-0.25, -0.2) is 9.38 Å². The molecule has 0 amide bonds. The average molecular weight is 412 g/mol. The number of aliphatic imine (C=N–C) groups is 1. The van der Waals surface area contributed by atoms with Gasteiger partial charge in [0.1, 0.15) is 5.82 Å². The van der Waals surface area contributed by atoms with Crippen LogP contribution in [0.15, 0.2) is 23.2 Å². The molecule has 0 aliphatic heterocycles. The summed E-state index contributed by atoms with van der Waals surface area (Å²) < 4.78 is 13.0. The zero-order chi connectivity index (χ0) is 13.8. The predicted molar refractivity (Wildman–Crippen MR) is 92.3 cm³/mol. The van der Waals surface area contributed by atoms with Crippen molar-refractivity contribution in [1.29, 1.82) is 0 Å². The van der Waals surface area contributed by atoms with Crippen molar-refractivity contribution in [3.8, 4) is 0 Å². The van der Waals surface area contributed by atoms with Crippen molar-refractivity contribution in [1.82, 2.24) is 10.6 Å². The highest BCUT2D eigenvalue weighted by Gasteiger charge is 2.33. The first kappa shape index (κ1) is 17.5. The number of hydrogen-bond acceptors (Lipinski definition) is 1. The van der Waals surface area contributed by atoms with Crippen LogP contribution in [0.1, 0.15) is 25.8 Å². The molecule has 20 heavy (non-hydrogen) atoms. The molecule has 2 rings (SSSR count). The molecule has 0 spiro atoms. The molecule has 112 valence electrons. The standard InChI is InChI=1S/C14H19ClFN3.HI/c1-3-17-14(19-13-6-9(13)2)18-8-10-4-5-12(16)11(15)7-10;/h4-5,7,9,13H,3,6,8H2,1-2H3,(H2,17,18,19);1H. The van der Waals surface area contributed by atoms with Gasteiger partial charge in [-0.2, -0.15) is 0 Å². The molecule has 1 aromatic carbocycles. The lowest BCUT2D eigenvalue weighted by Crippen LogP contribution is -2.39. The van der Waals surface area contributed by atoms with Crippen molar-refractivity contribution in [2.45, 2.75) is 32.9 Å². The molecule has 2 N–H and O–H groups in total. The van der Waals surface area contributed by atoms with Crippen LogP contribution < -0.4 is 10.6 Å². The molecular formula is C14H20ClFIN3. The highest BCUT2D eigenvalue weighted by Crippen LogP contribution is 2.28. The van der Waals surface area contributed by atoms with E-state index in [1.165, 1.54) is 12.5 Å². The highest BCUT2D eigenvalue weighted by atomic mass is 127. The molecule has 0 radical (unpaired) electrons. The van der Waals surface area contributed by atoms with E-state index in [9.17, 15) is 4.39 Å². The van der Waals surface area contributed by atoms with E-state index in [0.717, 1.165) is 18.1 Å². The number of nitrogens with one attached hydrogen (secondary N) is 2. The van der Waals surface area contributed by atoms with Crippen molar-refractivity contribution in [2.75, 3.05) is 6.54 Å². The van der Waals surface area contributed by atoms with Crippen molar-refractivity contribution in [2.24, 2.45) is 10.9 Å². The van der Waals surface area contributed by atoms with Crippen LogP contribution in [0, 0.1) is 11.7 Å². The molecule has 1 fully saturated rings. The first-order valence-corrected chi connectivity index (χ1v) is 6.96. The minimum Gasteiger partial charge on any atom is -0.357 e. The number of benzene rings is 1. The second-order valence-electron chi connectivity index (χ2n) is 4.91. The Morgan fingerprint density at radius 3 is 2.75 bits per heavy atom. The monoisotopic (exact) mass is 411 g/mol. The predicted octanol–water partition coefficient (Wildman–Crippen LogP) is 3.56. The summed E-state index contributed by atoms with van der Waals surface area (Å²) in [6.07, 6.45) is 1.19. The Labute approximate surface area is 141 Å². The molecule has 2 atom stereocenters. The Bertz CT molecular complexity index is 481. The maximum Gasteiger partial charge on any atom is 0.191 e. The summed E-state index contributed by atoms with van der Waals surface area (Å²) in [5.41, 5.74) is 0.896. The van der Waals surface area contributed by atoms with E-state index >= 15 is 0 Å². The minimum atomic E-state index is -0.397. The molecule has 0 heterocycles. The van der Waals surface area contributed by atoms with Gasteiger partial charge in [0, 0.05) is 12.6 Å². The summed E-state index contributed by atoms with van der Waals surface area (Å²) in [5, 5.41) is 6.71. The third-order valence-corrected chi connectivity index (χ3v) is 3.47. The summed E-state index contributed by atoms with van der Waals surface area (Å²) in [6.45, 7) is 5.54. The van der Waals surface area contributed by atoms with Gasteiger partial charge in [0.15, 0.2) is 5.96 Å². The third kappa shape index (κ3) is 5.09. The van der Waals surface area contributed by atoms with E-state index in [4.69, 9.17) is 11.6 Å². The van der Waals surface area contributed by atoms with Crippen LogP contribution >= 0.6 is 35.6 Å². The van der Waals surface area contributed by atoms with Crippen LogP contribution in [0.25, 0.3) is 0 Å². The fraction of sp³-hybridized carbons (Fsp3) is 0.500. The van der Waals surface area contributed by atoms with Crippen LogP contribution in [0.2, 0.25) is 5.02 Å². The molecule has 1 aliphatic carbocycles. The molecule has 6 heteroatoms. The van der Waals surface area contributed by atoms with E-state index in [2.05, 4.69) is 22.5 Å². The highest BCUT2D eigenvalue weighted by molar-refractivity contribution is 14.0. The Morgan fingerprint density at radius 1 is 1.50 bits per heavy atom. The average Bonchev–Trinajstić information content (AvgIpc) is 3.06. The molecule has 2 unspecified atom stereocenters. The molecule has 1 aliphatic rings. The lowest BCUT2D eigenvalue weighted by atomic mass is 10.2. The van der Waals surface area contributed by atoms with Gasteiger partial charge in [0.05, 0.1) is 11.6 Å². The van der Waals surface area contributed by atoms with Crippen LogP contribution in [0.5, 0.6) is 0 Å². The molecule has 1 saturated carbocycles. The number of hydrogen-bond donors (Lipinski definition) is 2. The van der Waals surface area contributed by atoms with Gasteiger partial charge in [0.25, 0.3) is 0 Å². The van der Waals surface area contributed by atoms with Crippen molar-refractivity contribution in [3.05, 3.63) is 34.6 Å². The van der Waals surface area contributed by atoms with E-state index in [1.54, 1.807) is 12.1 Å². The Hall–Kier alpha value is -0.560. The van der Waals surface area contributed by atoms with E-state index < -0.39 is 5.82 Å². The number of nitrogens with zero attached hydrogens (tertiary/aromatic N) is 1. The van der Waals surface area contributed by atoms with Crippen molar-refractivity contribution in [3.63, 3.8) is 0 Å². The van der Waals surface area contributed by atoms with Gasteiger partial charge in [0.2, 0.25) is 0 Å². The normalized spacial score (nSPS) is 21.1. The third-order valence-electron chi connectivity index (χ3n) is 3.18. The van der Waals surface area contributed by atoms with Gasteiger partial charge in [-0.15, -0.1) is 24.0 Å². The van der Waals surface area contributed by atoms with E-state index in [-0.39, 0.29) is 29.0 Å². The Balaban J connectivity index is 0.00000200. The zero-order valence-corrected chi connectivity index (χ0v) is 14.7. The lowest BCUT2D eigenvalue weighted by molar-refractivity contribution is 0.627. The van der Waals surface area contributed by atoms with E-state index in [0.29, 0.717) is 18.5 Å². The Morgan fingerprint density at radius 2 is 2.20 bits per heavy atom. The smallest absolute Gasteiger partial charge is 0.191 e. The number of rotatable bonds is 4. The summed E-state index contributed by atoms with van der Waals surface area (Å²) in [5.74, 6) is 1.12. The number of halogens is 3. The van der Waals surface area contributed by atoms with Gasteiger partial charge in [-0.3, -0.25) is 0 Å². The lowest BCUT2D eigenvalue weighted by Gasteiger charge is -2.10.